The van der Waals surface area contributed by atoms with Crippen LogP contribution in [0, 0.1) is 17.8 Å². The van der Waals surface area contributed by atoms with Gasteiger partial charge in [-0.15, -0.1) is 0 Å². The van der Waals surface area contributed by atoms with E-state index < -0.39 is 17.8 Å². The van der Waals surface area contributed by atoms with Crippen LogP contribution in [0.5, 0.6) is 0 Å². The van der Waals surface area contributed by atoms with Gasteiger partial charge in [0.05, 0.1) is 18.9 Å². The van der Waals surface area contributed by atoms with Crippen LogP contribution < -0.4 is 0 Å². The van der Waals surface area contributed by atoms with Crippen molar-refractivity contribution in [1.29, 1.82) is 0 Å². The molecular weight excluding hydrogens is 238 g/mol. The smallest absolute Gasteiger partial charge is 0.310 e. The molecule has 0 radical (unpaired) electrons. The Morgan fingerprint density at radius 1 is 1.28 bits per heavy atom. The Morgan fingerprint density at radius 3 is 2.39 bits per heavy atom. The van der Waals surface area contributed by atoms with Gasteiger partial charge < -0.3 is 14.7 Å². The lowest BCUT2D eigenvalue weighted by atomic mass is 9.95. The van der Waals surface area contributed by atoms with Crippen molar-refractivity contribution in [1.82, 2.24) is 4.90 Å². The van der Waals surface area contributed by atoms with Crippen LogP contribution >= 0.6 is 0 Å². The number of aliphatic carboxylic acids is 1. The third-order valence-electron chi connectivity index (χ3n) is 3.56. The first-order valence-electron chi connectivity index (χ1n) is 5.97. The van der Waals surface area contributed by atoms with Gasteiger partial charge in [0.1, 0.15) is 0 Å². The highest BCUT2D eigenvalue weighted by molar-refractivity contribution is 5.85. The van der Waals surface area contributed by atoms with Crippen molar-refractivity contribution < 1.29 is 24.2 Å². The normalized spacial score (nSPS) is 22.4. The van der Waals surface area contributed by atoms with Crippen LogP contribution in [-0.2, 0) is 19.1 Å². The van der Waals surface area contributed by atoms with Crippen LogP contribution in [0.1, 0.15) is 20.3 Å². The first-order chi connectivity index (χ1) is 8.38. The summed E-state index contributed by atoms with van der Waals surface area (Å²) in [6.45, 7) is 3.92. The van der Waals surface area contributed by atoms with Crippen molar-refractivity contribution in [2.24, 2.45) is 17.8 Å². The number of nitrogens with zero attached hydrogens (tertiary/aromatic N) is 1. The Kier molecular flexibility index (Phi) is 4.69. The predicted octanol–water partition coefficient (Wildman–Crippen LogP) is 0.365. The highest BCUT2D eigenvalue weighted by atomic mass is 16.5. The lowest BCUT2D eigenvalue weighted by Gasteiger charge is -2.22. The van der Waals surface area contributed by atoms with Gasteiger partial charge >= 0.3 is 11.9 Å². The molecule has 0 aromatic rings. The molecule has 0 aromatic heterocycles. The molecule has 102 valence electrons. The Labute approximate surface area is 106 Å². The fourth-order valence-electron chi connectivity index (χ4n) is 2.04. The molecule has 1 fully saturated rings. The molecule has 6 nitrogen and oxygen atoms in total. The van der Waals surface area contributed by atoms with E-state index in [9.17, 15) is 14.4 Å². The molecule has 0 aliphatic carbocycles. The van der Waals surface area contributed by atoms with Crippen molar-refractivity contribution in [3.63, 3.8) is 0 Å². The number of hydrogen-bond donors (Lipinski definition) is 1. The summed E-state index contributed by atoms with van der Waals surface area (Å²) in [4.78, 5) is 35.8. The van der Waals surface area contributed by atoms with E-state index in [1.54, 1.807) is 11.8 Å². The van der Waals surface area contributed by atoms with Crippen molar-refractivity contribution >= 4 is 17.8 Å². The summed E-state index contributed by atoms with van der Waals surface area (Å²) in [5, 5.41) is 8.88. The number of likely N-dealkylation sites (tertiary alicyclic amines) is 1. The minimum atomic E-state index is -0.987. The third kappa shape index (κ3) is 3.00. The zero-order valence-corrected chi connectivity index (χ0v) is 10.9. The Morgan fingerprint density at radius 2 is 1.89 bits per heavy atom. The van der Waals surface area contributed by atoms with Crippen molar-refractivity contribution in [3.8, 4) is 0 Å². The Balaban J connectivity index is 2.59. The summed E-state index contributed by atoms with van der Waals surface area (Å²) in [6, 6.07) is 0. The number of methoxy groups -OCH3 is 1. The number of carbonyl (C=O) groups excluding carboxylic acids is 2. The maximum Gasteiger partial charge on any atom is 0.310 e. The highest BCUT2D eigenvalue weighted by Crippen LogP contribution is 2.22. The molecule has 1 heterocycles. The summed E-state index contributed by atoms with van der Waals surface area (Å²) in [5.41, 5.74) is 0. The summed E-state index contributed by atoms with van der Waals surface area (Å²) in [5.74, 6) is -3.11. The average molecular weight is 257 g/mol. The summed E-state index contributed by atoms with van der Waals surface area (Å²) in [6.07, 6.45) is 0.576. The van der Waals surface area contributed by atoms with Crippen molar-refractivity contribution in [3.05, 3.63) is 0 Å². The second kappa shape index (κ2) is 5.84. The molecule has 1 saturated heterocycles. The van der Waals surface area contributed by atoms with E-state index in [2.05, 4.69) is 4.74 Å². The molecule has 1 aliphatic heterocycles. The van der Waals surface area contributed by atoms with E-state index in [4.69, 9.17) is 5.11 Å². The van der Waals surface area contributed by atoms with Gasteiger partial charge in [0.2, 0.25) is 5.91 Å². The van der Waals surface area contributed by atoms with Crippen LogP contribution in [0.2, 0.25) is 0 Å². The zero-order chi connectivity index (χ0) is 13.9. The SMILES string of the molecule is COC(=O)C1CCN(C(=O)C(C)C(C)C(=O)O)C1. The fourth-order valence-corrected chi connectivity index (χ4v) is 2.04. The van der Waals surface area contributed by atoms with E-state index in [0.717, 1.165) is 0 Å². The second-order valence-corrected chi connectivity index (χ2v) is 4.71. The predicted molar refractivity (Wildman–Crippen MR) is 62.7 cm³/mol. The van der Waals surface area contributed by atoms with Crippen LogP contribution in [0.4, 0.5) is 0 Å². The fraction of sp³-hybridized carbons (Fsp3) is 0.750. The molecule has 1 rings (SSSR count). The minimum Gasteiger partial charge on any atom is -0.481 e. The zero-order valence-electron chi connectivity index (χ0n) is 10.9. The van der Waals surface area contributed by atoms with Crippen LogP contribution in [-0.4, -0.2) is 48.1 Å². The van der Waals surface area contributed by atoms with E-state index in [0.29, 0.717) is 19.5 Å². The van der Waals surface area contributed by atoms with E-state index >= 15 is 0 Å². The molecule has 0 aromatic carbocycles. The number of carboxylic acids is 1. The van der Waals surface area contributed by atoms with E-state index in [1.807, 2.05) is 0 Å². The maximum atomic E-state index is 12.1. The summed E-state index contributed by atoms with van der Waals surface area (Å²) in [7, 11) is 1.32. The molecule has 1 amide bonds. The highest BCUT2D eigenvalue weighted by Gasteiger charge is 2.36. The minimum absolute atomic E-state index is 0.212. The Hall–Kier alpha value is -1.59. The number of carboxylic acid groups (broad SMARTS) is 1. The van der Waals surface area contributed by atoms with Crippen LogP contribution in [0.15, 0.2) is 0 Å². The van der Waals surface area contributed by atoms with Crippen molar-refractivity contribution in [2.45, 2.75) is 20.3 Å². The number of ether oxygens (including phenoxy) is 1. The second-order valence-electron chi connectivity index (χ2n) is 4.71. The summed E-state index contributed by atoms with van der Waals surface area (Å²) >= 11 is 0. The van der Waals surface area contributed by atoms with E-state index in [-0.39, 0.29) is 17.8 Å². The van der Waals surface area contributed by atoms with Gasteiger partial charge in [-0.1, -0.05) is 13.8 Å². The molecule has 1 aliphatic rings. The topological polar surface area (TPSA) is 83.9 Å². The number of hydrogen-bond acceptors (Lipinski definition) is 4. The van der Waals surface area contributed by atoms with Gasteiger partial charge in [-0.3, -0.25) is 14.4 Å². The van der Waals surface area contributed by atoms with Crippen molar-refractivity contribution in [2.75, 3.05) is 20.2 Å². The molecule has 3 unspecified atom stereocenters. The van der Waals surface area contributed by atoms with E-state index in [1.165, 1.54) is 14.0 Å². The van der Waals surface area contributed by atoms with Gasteiger partial charge in [0.15, 0.2) is 0 Å². The molecule has 6 heteroatoms. The van der Waals surface area contributed by atoms with Gasteiger partial charge in [-0.05, 0) is 6.42 Å². The number of esters is 1. The van der Waals surface area contributed by atoms with Gasteiger partial charge in [0, 0.05) is 19.0 Å². The molecule has 18 heavy (non-hydrogen) atoms. The molecular formula is C12H19NO5. The first-order valence-corrected chi connectivity index (χ1v) is 5.97. The molecule has 0 spiro atoms. The third-order valence-corrected chi connectivity index (χ3v) is 3.56. The van der Waals surface area contributed by atoms with Crippen LogP contribution in [0.25, 0.3) is 0 Å². The monoisotopic (exact) mass is 257 g/mol. The van der Waals surface area contributed by atoms with Crippen LogP contribution in [0.3, 0.4) is 0 Å². The molecule has 3 atom stereocenters. The first kappa shape index (κ1) is 14.5. The maximum absolute atomic E-state index is 12.1. The number of carbonyl (C=O) groups is 3. The van der Waals surface area contributed by atoms with Gasteiger partial charge in [-0.25, -0.2) is 0 Å². The average Bonchev–Trinajstić information content (AvgIpc) is 2.84. The number of amides is 1. The molecule has 0 bridgehead atoms. The standard InChI is InChI=1S/C12H19NO5/c1-7(8(2)11(15)16)10(14)13-5-4-9(6-13)12(17)18-3/h7-9H,4-6H2,1-3H3,(H,15,16). The molecule has 0 saturated carbocycles. The Bertz CT molecular complexity index is 354. The lowest BCUT2D eigenvalue weighted by molar-refractivity contribution is -0.149. The van der Waals surface area contributed by atoms with Gasteiger partial charge in [-0.2, -0.15) is 0 Å². The quantitative estimate of drug-likeness (QED) is 0.735. The summed E-state index contributed by atoms with van der Waals surface area (Å²) < 4.78 is 4.64. The largest absolute Gasteiger partial charge is 0.481 e. The molecule has 1 N–H and O–H groups in total. The lowest BCUT2D eigenvalue weighted by Crippen LogP contribution is -2.38. The number of rotatable bonds is 4. The van der Waals surface area contributed by atoms with Gasteiger partial charge in [0.25, 0.3) is 0 Å².